The van der Waals surface area contributed by atoms with Crippen molar-refractivity contribution in [2.45, 2.75) is 57.3 Å². The van der Waals surface area contributed by atoms with Crippen molar-refractivity contribution in [1.82, 2.24) is 10.5 Å². The number of aromatic nitrogens is 1. The minimum atomic E-state index is 0.257. The van der Waals surface area contributed by atoms with Gasteiger partial charge in [0, 0.05) is 23.1 Å². The summed E-state index contributed by atoms with van der Waals surface area (Å²) in [6.07, 6.45) is 4.58. The summed E-state index contributed by atoms with van der Waals surface area (Å²) in [6.45, 7) is 3.68. The average Bonchev–Trinajstić information content (AvgIpc) is 3.34. The number of piperidine rings is 1. The van der Waals surface area contributed by atoms with Crippen LogP contribution in [0.5, 0.6) is 0 Å². The van der Waals surface area contributed by atoms with Crippen molar-refractivity contribution in [2.24, 2.45) is 0 Å². The summed E-state index contributed by atoms with van der Waals surface area (Å²) >= 11 is 12.8. The predicted molar refractivity (Wildman–Crippen MR) is 99.2 cm³/mol. The van der Waals surface area contributed by atoms with Crippen LogP contribution in [0.25, 0.3) is 11.3 Å². The first-order chi connectivity index (χ1) is 12.1. The van der Waals surface area contributed by atoms with Gasteiger partial charge in [0.05, 0.1) is 22.8 Å². The lowest BCUT2D eigenvalue weighted by atomic mass is 10.0. The molecule has 1 aromatic carbocycles. The topological polar surface area (TPSA) is 47.3 Å². The first-order valence-electron chi connectivity index (χ1n) is 8.91. The van der Waals surface area contributed by atoms with E-state index < -0.39 is 0 Å². The highest BCUT2D eigenvalue weighted by Crippen LogP contribution is 2.46. The van der Waals surface area contributed by atoms with E-state index in [1.165, 1.54) is 0 Å². The molecule has 1 aromatic heterocycles. The molecule has 0 spiro atoms. The molecule has 25 heavy (non-hydrogen) atoms. The van der Waals surface area contributed by atoms with Gasteiger partial charge in [0.15, 0.2) is 0 Å². The SMILES string of the molecule is CC1CC(OCc2c(-c3c(Cl)cccc3Cl)noc2C2CC2)CCN1. The zero-order chi connectivity index (χ0) is 17.4. The predicted octanol–water partition coefficient (Wildman–Crippen LogP) is 5.18. The van der Waals surface area contributed by atoms with E-state index in [4.69, 9.17) is 32.5 Å². The van der Waals surface area contributed by atoms with Gasteiger partial charge in [-0.25, -0.2) is 0 Å². The first kappa shape index (κ1) is 17.3. The summed E-state index contributed by atoms with van der Waals surface area (Å²) in [6, 6.07) is 5.98. The van der Waals surface area contributed by atoms with Crippen molar-refractivity contribution in [3.05, 3.63) is 39.6 Å². The van der Waals surface area contributed by atoms with E-state index in [0.29, 0.717) is 28.6 Å². The molecule has 6 heteroatoms. The molecule has 2 unspecified atom stereocenters. The van der Waals surface area contributed by atoms with E-state index in [-0.39, 0.29) is 6.10 Å². The van der Waals surface area contributed by atoms with Gasteiger partial charge in [0.1, 0.15) is 11.5 Å². The summed E-state index contributed by atoms with van der Waals surface area (Å²) in [4.78, 5) is 0. The third-order valence-corrected chi connectivity index (χ3v) is 5.64. The quantitative estimate of drug-likeness (QED) is 0.775. The number of nitrogens with zero attached hydrogens (tertiary/aromatic N) is 1. The van der Waals surface area contributed by atoms with Gasteiger partial charge >= 0.3 is 0 Å². The Bertz CT molecular complexity index is 738. The minimum Gasteiger partial charge on any atom is -0.373 e. The maximum atomic E-state index is 6.39. The van der Waals surface area contributed by atoms with Crippen LogP contribution < -0.4 is 5.32 Å². The molecule has 2 fully saturated rings. The molecule has 1 saturated carbocycles. The van der Waals surface area contributed by atoms with Crippen LogP contribution in [0.3, 0.4) is 0 Å². The number of nitrogens with one attached hydrogen (secondary N) is 1. The Balaban J connectivity index is 1.62. The van der Waals surface area contributed by atoms with Crippen molar-refractivity contribution >= 4 is 23.2 Å². The van der Waals surface area contributed by atoms with Gasteiger partial charge in [-0.3, -0.25) is 0 Å². The van der Waals surface area contributed by atoms with Crippen LogP contribution >= 0.6 is 23.2 Å². The molecule has 0 amide bonds. The minimum absolute atomic E-state index is 0.257. The van der Waals surface area contributed by atoms with Gasteiger partial charge in [-0.05, 0) is 51.3 Å². The van der Waals surface area contributed by atoms with E-state index in [2.05, 4.69) is 17.4 Å². The lowest BCUT2D eigenvalue weighted by Crippen LogP contribution is -2.39. The Morgan fingerprint density at radius 2 is 2.00 bits per heavy atom. The Kier molecular flexibility index (Phi) is 5.05. The maximum Gasteiger partial charge on any atom is 0.145 e. The van der Waals surface area contributed by atoms with Gasteiger partial charge in [-0.2, -0.15) is 0 Å². The number of ether oxygens (including phenoxy) is 1. The number of halogens is 2. The zero-order valence-electron chi connectivity index (χ0n) is 14.2. The Hall–Kier alpha value is -1.07. The van der Waals surface area contributed by atoms with E-state index in [1.807, 2.05) is 18.2 Å². The highest BCUT2D eigenvalue weighted by molar-refractivity contribution is 6.39. The van der Waals surface area contributed by atoms with Crippen molar-refractivity contribution in [2.75, 3.05) is 6.54 Å². The highest BCUT2D eigenvalue weighted by Gasteiger charge is 2.34. The Morgan fingerprint density at radius 1 is 1.24 bits per heavy atom. The molecule has 1 aliphatic carbocycles. The molecule has 1 aliphatic heterocycles. The van der Waals surface area contributed by atoms with E-state index in [1.54, 1.807) is 0 Å². The zero-order valence-corrected chi connectivity index (χ0v) is 15.7. The molecule has 0 bridgehead atoms. The molecule has 4 nitrogen and oxygen atoms in total. The van der Waals surface area contributed by atoms with Gasteiger partial charge in [0.2, 0.25) is 0 Å². The fourth-order valence-electron chi connectivity index (χ4n) is 3.49. The van der Waals surface area contributed by atoms with Gasteiger partial charge < -0.3 is 14.6 Å². The second kappa shape index (κ2) is 7.28. The molecule has 1 N–H and O–H groups in total. The van der Waals surface area contributed by atoms with Gasteiger partial charge in [-0.15, -0.1) is 0 Å². The van der Waals surface area contributed by atoms with Crippen molar-refractivity contribution in [1.29, 1.82) is 0 Å². The number of rotatable bonds is 5. The van der Waals surface area contributed by atoms with E-state index >= 15 is 0 Å². The van der Waals surface area contributed by atoms with Crippen LogP contribution in [0.1, 0.15) is 49.8 Å². The highest BCUT2D eigenvalue weighted by atomic mass is 35.5. The largest absolute Gasteiger partial charge is 0.373 e. The monoisotopic (exact) mass is 380 g/mol. The van der Waals surface area contributed by atoms with Gasteiger partial charge in [0.25, 0.3) is 0 Å². The van der Waals surface area contributed by atoms with Crippen LogP contribution in [0.15, 0.2) is 22.7 Å². The van der Waals surface area contributed by atoms with Crippen LogP contribution in [-0.4, -0.2) is 23.8 Å². The molecule has 2 heterocycles. The third kappa shape index (κ3) is 3.72. The summed E-state index contributed by atoms with van der Waals surface area (Å²) in [5.41, 5.74) is 2.46. The second-order valence-corrected chi connectivity index (χ2v) is 7.87. The number of benzene rings is 1. The van der Waals surface area contributed by atoms with Crippen LogP contribution in [-0.2, 0) is 11.3 Å². The summed E-state index contributed by atoms with van der Waals surface area (Å²) in [5.74, 6) is 1.39. The molecular formula is C19H22Cl2N2O2. The molecule has 134 valence electrons. The standard InChI is InChI=1S/C19H22Cl2N2O2/c1-11-9-13(7-8-22-11)24-10-14-18(23-25-19(14)12-5-6-12)17-15(20)3-2-4-16(17)21/h2-4,11-13,22H,5-10H2,1H3. The summed E-state index contributed by atoms with van der Waals surface area (Å²) < 4.78 is 11.9. The van der Waals surface area contributed by atoms with Crippen molar-refractivity contribution < 1.29 is 9.26 Å². The maximum absolute atomic E-state index is 6.39. The number of hydrogen-bond acceptors (Lipinski definition) is 4. The lowest BCUT2D eigenvalue weighted by Gasteiger charge is -2.28. The van der Waals surface area contributed by atoms with E-state index in [9.17, 15) is 0 Å². The van der Waals surface area contributed by atoms with Gasteiger partial charge in [-0.1, -0.05) is 34.4 Å². The molecule has 4 rings (SSSR count). The molecule has 2 aromatic rings. The van der Waals surface area contributed by atoms with Crippen LogP contribution in [0.4, 0.5) is 0 Å². The molecular weight excluding hydrogens is 359 g/mol. The van der Waals surface area contributed by atoms with Crippen molar-refractivity contribution in [3.63, 3.8) is 0 Å². The normalized spacial score (nSPS) is 23.8. The van der Waals surface area contributed by atoms with Crippen molar-refractivity contribution in [3.8, 4) is 11.3 Å². The first-order valence-corrected chi connectivity index (χ1v) is 9.67. The number of hydrogen-bond donors (Lipinski definition) is 1. The molecule has 1 saturated heterocycles. The third-order valence-electron chi connectivity index (χ3n) is 5.01. The smallest absolute Gasteiger partial charge is 0.145 e. The summed E-state index contributed by atoms with van der Waals surface area (Å²) in [7, 11) is 0. The average molecular weight is 381 g/mol. The Morgan fingerprint density at radius 3 is 2.68 bits per heavy atom. The summed E-state index contributed by atoms with van der Waals surface area (Å²) in [5, 5.41) is 8.93. The fourth-order valence-corrected chi connectivity index (χ4v) is 4.06. The molecule has 2 aliphatic rings. The van der Waals surface area contributed by atoms with E-state index in [0.717, 1.165) is 54.8 Å². The molecule has 0 radical (unpaired) electrons. The van der Waals surface area contributed by atoms with Crippen LogP contribution in [0, 0.1) is 0 Å². The Labute approximate surface area is 157 Å². The second-order valence-electron chi connectivity index (χ2n) is 7.06. The fraction of sp³-hybridized carbons (Fsp3) is 0.526. The van der Waals surface area contributed by atoms with Crippen LogP contribution in [0.2, 0.25) is 10.0 Å². The lowest BCUT2D eigenvalue weighted by molar-refractivity contribution is 0.0122. The molecule has 2 atom stereocenters.